The summed E-state index contributed by atoms with van der Waals surface area (Å²) >= 11 is 0. The van der Waals surface area contributed by atoms with Gasteiger partial charge in [0.2, 0.25) is 0 Å². The number of carbonyl (C=O) groups is 2. The maximum atomic E-state index is 11.8. The average Bonchev–Trinajstić information content (AvgIpc) is 2.50. The standard InChI is InChI=1S/C20H32O5/c1-12(9-17(22)23)5-7-19(3)13(2)6-8-20(4)15(18(24)25)10-14(21)11-16(19)20/h10,12-14,16,21H,5-9,11H2,1-4H3,(H,22,23)(H,24,25)/t12-,13-,14-,16-,19+,20-/m1/s1. The quantitative estimate of drug-likeness (QED) is 0.677. The van der Waals surface area contributed by atoms with Gasteiger partial charge in [-0.25, -0.2) is 4.79 Å². The normalized spacial score (nSPS) is 39.2. The summed E-state index contributed by atoms with van der Waals surface area (Å²) in [4.78, 5) is 22.7. The highest BCUT2D eigenvalue weighted by Gasteiger charge is 2.56. The molecule has 0 bridgehead atoms. The van der Waals surface area contributed by atoms with Crippen LogP contribution in [-0.2, 0) is 9.59 Å². The van der Waals surface area contributed by atoms with Crippen molar-refractivity contribution in [3.63, 3.8) is 0 Å². The van der Waals surface area contributed by atoms with Crippen molar-refractivity contribution in [1.82, 2.24) is 0 Å². The summed E-state index contributed by atoms with van der Waals surface area (Å²) in [6.07, 6.45) is 5.01. The van der Waals surface area contributed by atoms with Crippen LogP contribution in [0.1, 0.15) is 66.2 Å². The second-order valence-electron chi connectivity index (χ2n) is 8.85. The summed E-state index contributed by atoms with van der Waals surface area (Å²) < 4.78 is 0. The molecular weight excluding hydrogens is 320 g/mol. The first-order valence-electron chi connectivity index (χ1n) is 9.36. The monoisotopic (exact) mass is 352 g/mol. The minimum Gasteiger partial charge on any atom is -0.481 e. The number of aliphatic carboxylic acids is 2. The molecule has 0 unspecified atom stereocenters. The number of hydrogen-bond donors (Lipinski definition) is 3. The van der Waals surface area contributed by atoms with E-state index in [1.165, 1.54) is 6.08 Å². The van der Waals surface area contributed by atoms with E-state index in [0.29, 0.717) is 17.9 Å². The SMILES string of the molecule is C[C@H](CC[C@@]1(C)[C@H](C)CC[C@]2(C)C(C(=O)O)=C[C@@H](O)C[C@H]12)CC(=O)O. The van der Waals surface area contributed by atoms with E-state index >= 15 is 0 Å². The van der Waals surface area contributed by atoms with Crippen LogP contribution in [0.3, 0.4) is 0 Å². The molecule has 5 nitrogen and oxygen atoms in total. The Bertz CT molecular complexity index is 568. The number of carboxylic acids is 2. The largest absolute Gasteiger partial charge is 0.481 e. The molecule has 0 spiro atoms. The average molecular weight is 352 g/mol. The molecule has 5 heteroatoms. The third-order valence-corrected chi connectivity index (χ3v) is 7.17. The number of hydrogen-bond acceptors (Lipinski definition) is 3. The summed E-state index contributed by atoms with van der Waals surface area (Å²) in [5.74, 6) is -1.10. The maximum Gasteiger partial charge on any atom is 0.331 e. The Labute approximate surface area is 150 Å². The van der Waals surface area contributed by atoms with Gasteiger partial charge in [0.1, 0.15) is 0 Å². The van der Waals surface area contributed by atoms with Crippen LogP contribution in [-0.4, -0.2) is 33.4 Å². The number of aliphatic hydroxyl groups is 1. The van der Waals surface area contributed by atoms with Gasteiger partial charge in [-0.15, -0.1) is 0 Å². The molecule has 25 heavy (non-hydrogen) atoms. The van der Waals surface area contributed by atoms with Gasteiger partial charge in [0.05, 0.1) is 6.10 Å². The Kier molecular flexibility index (Phi) is 5.67. The van der Waals surface area contributed by atoms with E-state index in [1.807, 2.05) is 13.8 Å². The minimum atomic E-state index is -0.928. The predicted molar refractivity (Wildman–Crippen MR) is 95.1 cm³/mol. The van der Waals surface area contributed by atoms with Gasteiger partial charge in [0, 0.05) is 17.4 Å². The number of fused-ring (bicyclic) bond motifs is 1. The molecule has 2 rings (SSSR count). The van der Waals surface area contributed by atoms with Crippen molar-refractivity contribution in [2.75, 3.05) is 0 Å². The van der Waals surface area contributed by atoms with E-state index in [2.05, 4.69) is 13.8 Å². The van der Waals surface area contributed by atoms with Crippen LogP contribution in [0.2, 0.25) is 0 Å². The van der Waals surface area contributed by atoms with E-state index in [4.69, 9.17) is 5.11 Å². The molecule has 3 N–H and O–H groups in total. The fraction of sp³-hybridized carbons (Fsp3) is 0.800. The zero-order valence-corrected chi connectivity index (χ0v) is 15.8. The molecule has 0 amide bonds. The predicted octanol–water partition coefficient (Wildman–Crippen LogP) is 3.71. The van der Waals surface area contributed by atoms with E-state index in [0.717, 1.165) is 25.7 Å². The lowest BCUT2D eigenvalue weighted by molar-refractivity contribution is -0.140. The molecule has 1 fully saturated rings. The highest BCUT2D eigenvalue weighted by Crippen LogP contribution is 2.62. The lowest BCUT2D eigenvalue weighted by Gasteiger charge is -2.58. The molecule has 0 heterocycles. The molecule has 0 aromatic heterocycles. The van der Waals surface area contributed by atoms with Crippen molar-refractivity contribution < 1.29 is 24.9 Å². The van der Waals surface area contributed by atoms with Crippen LogP contribution in [0.5, 0.6) is 0 Å². The lowest BCUT2D eigenvalue weighted by atomic mass is 9.46. The van der Waals surface area contributed by atoms with E-state index < -0.39 is 23.5 Å². The third-order valence-electron chi connectivity index (χ3n) is 7.17. The van der Waals surface area contributed by atoms with Gasteiger partial charge in [0.25, 0.3) is 0 Å². The summed E-state index contributed by atoms with van der Waals surface area (Å²) in [6, 6.07) is 0. The molecular formula is C20H32O5. The van der Waals surface area contributed by atoms with Crippen LogP contribution in [0.25, 0.3) is 0 Å². The van der Waals surface area contributed by atoms with E-state index in [-0.39, 0.29) is 23.7 Å². The van der Waals surface area contributed by atoms with Crippen molar-refractivity contribution in [3.05, 3.63) is 11.6 Å². The zero-order valence-electron chi connectivity index (χ0n) is 15.8. The second-order valence-corrected chi connectivity index (χ2v) is 8.85. The lowest BCUT2D eigenvalue weighted by Crippen LogP contribution is -2.53. The molecule has 0 radical (unpaired) electrons. The van der Waals surface area contributed by atoms with Gasteiger partial charge in [-0.1, -0.05) is 27.7 Å². The summed E-state index contributed by atoms with van der Waals surface area (Å²) in [6.45, 7) is 8.42. The summed E-state index contributed by atoms with van der Waals surface area (Å²) in [5.41, 5.74) is -0.175. The molecule has 1 saturated carbocycles. The van der Waals surface area contributed by atoms with Gasteiger partial charge in [0.15, 0.2) is 0 Å². The molecule has 0 aliphatic heterocycles. The van der Waals surface area contributed by atoms with Gasteiger partial charge in [-0.05, 0) is 61.3 Å². The Balaban J connectivity index is 2.29. The minimum absolute atomic E-state index is 0.0897. The summed E-state index contributed by atoms with van der Waals surface area (Å²) in [7, 11) is 0. The van der Waals surface area contributed by atoms with Crippen LogP contribution >= 0.6 is 0 Å². The van der Waals surface area contributed by atoms with Crippen molar-refractivity contribution in [3.8, 4) is 0 Å². The smallest absolute Gasteiger partial charge is 0.331 e. The van der Waals surface area contributed by atoms with Crippen molar-refractivity contribution in [2.45, 2.75) is 72.3 Å². The number of carboxylic acid groups (broad SMARTS) is 2. The molecule has 0 aromatic rings. The fourth-order valence-corrected chi connectivity index (χ4v) is 5.33. The maximum absolute atomic E-state index is 11.8. The van der Waals surface area contributed by atoms with Gasteiger partial charge in [-0.2, -0.15) is 0 Å². The first-order valence-corrected chi connectivity index (χ1v) is 9.36. The molecule has 0 saturated heterocycles. The van der Waals surface area contributed by atoms with Crippen LogP contribution in [0.15, 0.2) is 11.6 Å². The van der Waals surface area contributed by atoms with Crippen LogP contribution in [0.4, 0.5) is 0 Å². The second kappa shape index (κ2) is 7.10. The van der Waals surface area contributed by atoms with Crippen molar-refractivity contribution >= 4 is 11.9 Å². The van der Waals surface area contributed by atoms with Gasteiger partial charge < -0.3 is 15.3 Å². The Hall–Kier alpha value is -1.36. The molecule has 2 aliphatic rings. The third kappa shape index (κ3) is 3.76. The fourth-order valence-electron chi connectivity index (χ4n) is 5.33. The van der Waals surface area contributed by atoms with E-state index in [9.17, 15) is 19.8 Å². The molecule has 142 valence electrons. The van der Waals surface area contributed by atoms with Crippen molar-refractivity contribution in [2.24, 2.45) is 28.6 Å². The highest BCUT2D eigenvalue weighted by atomic mass is 16.4. The summed E-state index contributed by atoms with van der Waals surface area (Å²) in [5, 5.41) is 28.9. The number of aliphatic hydroxyl groups excluding tert-OH is 1. The Morgan fingerprint density at radius 1 is 1.32 bits per heavy atom. The number of rotatable bonds is 6. The first-order chi connectivity index (χ1) is 11.5. The van der Waals surface area contributed by atoms with Gasteiger partial charge in [-0.3, -0.25) is 4.79 Å². The molecule has 2 aliphatic carbocycles. The van der Waals surface area contributed by atoms with Crippen LogP contribution in [0, 0.1) is 28.6 Å². The van der Waals surface area contributed by atoms with Crippen molar-refractivity contribution in [1.29, 1.82) is 0 Å². The Morgan fingerprint density at radius 3 is 2.52 bits per heavy atom. The molecule has 6 atom stereocenters. The Morgan fingerprint density at radius 2 is 1.96 bits per heavy atom. The zero-order chi connectivity index (χ0) is 19.0. The molecule has 0 aromatic carbocycles. The highest BCUT2D eigenvalue weighted by molar-refractivity contribution is 5.88. The van der Waals surface area contributed by atoms with Crippen LogP contribution < -0.4 is 0 Å². The van der Waals surface area contributed by atoms with Gasteiger partial charge >= 0.3 is 11.9 Å². The topological polar surface area (TPSA) is 94.8 Å². The van der Waals surface area contributed by atoms with E-state index in [1.54, 1.807) is 0 Å². The first kappa shape index (κ1) is 20.0.